The monoisotopic (exact) mass is 342 g/mol. The first-order chi connectivity index (χ1) is 11.6. The molecule has 1 aromatic rings. The number of phenols is 2. The molecule has 1 aliphatic rings. The van der Waals surface area contributed by atoms with E-state index in [4.69, 9.17) is 0 Å². The van der Waals surface area contributed by atoms with Crippen LogP contribution in [0.4, 0.5) is 0 Å². The average molecular weight is 342 g/mol. The predicted molar refractivity (Wildman–Crippen MR) is 95.1 cm³/mol. The van der Waals surface area contributed by atoms with Gasteiger partial charge in [0.15, 0.2) is 5.78 Å². The lowest BCUT2D eigenvalue weighted by molar-refractivity contribution is 0.0976. The number of fused-ring (bicyclic) bond motifs is 1. The first-order valence-corrected chi connectivity index (χ1v) is 8.06. The second kappa shape index (κ2) is 6.97. The Morgan fingerprint density at radius 2 is 1.64 bits per heavy atom. The molecule has 132 valence electrons. The topological polar surface area (TPSA) is 94.8 Å². The Kier molecular flexibility index (Phi) is 5.16. The molecule has 0 spiro atoms. The van der Waals surface area contributed by atoms with E-state index in [0.717, 1.165) is 29.4 Å². The highest BCUT2D eigenvalue weighted by atomic mass is 16.3. The van der Waals surface area contributed by atoms with Crippen LogP contribution in [0.5, 0.6) is 11.5 Å². The van der Waals surface area contributed by atoms with Crippen molar-refractivity contribution in [2.75, 3.05) is 0 Å². The molecule has 0 aliphatic heterocycles. The fraction of sp³-hybridized carbons (Fsp3) is 0.300. The smallest absolute Gasteiger partial charge is 0.201 e. The number of Topliss-reactive ketones (excluding diaryl/α,β-unsaturated/α-hetero) is 1. The van der Waals surface area contributed by atoms with Gasteiger partial charge in [0.1, 0.15) is 17.3 Å². The number of hydrogen-bond donors (Lipinski definition) is 3. The summed E-state index contributed by atoms with van der Waals surface area (Å²) >= 11 is 0. The zero-order valence-corrected chi connectivity index (χ0v) is 14.8. The number of benzene rings is 1. The molecule has 3 N–H and O–H groups in total. The van der Waals surface area contributed by atoms with Crippen molar-refractivity contribution >= 4 is 11.6 Å². The van der Waals surface area contributed by atoms with Gasteiger partial charge in [0.25, 0.3) is 0 Å². The summed E-state index contributed by atoms with van der Waals surface area (Å²) < 4.78 is 0. The SMILES string of the molecule is CC(C)=C(C=C(O)C1=CC(=O)c2c(O)ccc(O)c2C1=O)CC(C)C. The Hall–Kier alpha value is -2.82. The lowest BCUT2D eigenvalue weighted by atomic mass is 9.86. The second-order valence-corrected chi connectivity index (χ2v) is 6.76. The molecule has 0 bridgehead atoms. The van der Waals surface area contributed by atoms with Crippen LogP contribution in [-0.4, -0.2) is 26.9 Å². The van der Waals surface area contributed by atoms with Gasteiger partial charge in [-0.25, -0.2) is 0 Å². The molecular formula is C20H22O5. The zero-order valence-electron chi connectivity index (χ0n) is 14.8. The number of carbonyl (C=O) groups excluding carboxylic acids is 2. The van der Waals surface area contributed by atoms with Crippen molar-refractivity contribution in [3.05, 3.63) is 57.9 Å². The predicted octanol–water partition coefficient (Wildman–Crippen LogP) is 4.23. The number of aliphatic hydroxyl groups is 1. The number of hydrogen-bond acceptors (Lipinski definition) is 5. The molecule has 0 atom stereocenters. The standard InChI is InChI=1S/C20H22O5/c1-10(2)7-12(11(3)4)8-16(23)13-9-17(24)18-14(21)5-6-15(22)19(18)20(13)25/h5-6,8-10,21-23H,7H2,1-4H3. The molecule has 0 saturated carbocycles. The minimum Gasteiger partial charge on any atom is -0.507 e. The van der Waals surface area contributed by atoms with E-state index < -0.39 is 17.3 Å². The fourth-order valence-electron chi connectivity index (χ4n) is 2.74. The maximum atomic E-state index is 12.6. The van der Waals surface area contributed by atoms with Crippen molar-refractivity contribution in [3.63, 3.8) is 0 Å². The Bertz CT molecular complexity index is 834. The summed E-state index contributed by atoms with van der Waals surface area (Å²) in [5.41, 5.74) is 1.15. The molecule has 0 fully saturated rings. The van der Waals surface area contributed by atoms with E-state index in [9.17, 15) is 24.9 Å². The van der Waals surface area contributed by atoms with Crippen molar-refractivity contribution < 1.29 is 24.9 Å². The van der Waals surface area contributed by atoms with Crippen LogP contribution < -0.4 is 0 Å². The third kappa shape index (κ3) is 3.65. The van der Waals surface area contributed by atoms with Gasteiger partial charge in [0.05, 0.1) is 16.7 Å². The van der Waals surface area contributed by atoms with E-state index in [2.05, 4.69) is 0 Å². The van der Waals surface area contributed by atoms with Crippen LogP contribution >= 0.6 is 0 Å². The molecule has 0 unspecified atom stereocenters. The minimum absolute atomic E-state index is 0.194. The van der Waals surface area contributed by atoms with Crippen LogP contribution in [0.3, 0.4) is 0 Å². The molecule has 5 nitrogen and oxygen atoms in total. The summed E-state index contributed by atoms with van der Waals surface area (Å²) in [6.07, 6.45) is 3.19. The highest BCUT2D eigenvalue weighted by Crippen LogP contribution is 2.36. The summed E-state index contributed by atoms with van der Waals surface area (Å²) in [5, 5.41) is 30.2. The zero-order chi connectivity index (χ0) is 18.9. The number of aromatic hydroxyl groups is 2. The third-order valence-corrected chi connectivity index (χ3v) is 4.01. The highest BCUT2D eigenvalue weighted by Gasteiger charge is 2.32. The molecular weight excluding hydrogens is 320 g/mol. The third-order valence-electron chi connectivity index (χ3n) is 4.01. The summed E-state index contributed by atoms with van der Waals surface area (Å²) in [4.78, 5) is 24.9. The Labute approximate surface area is 146 Å². The molecule has 1 aromatic carbocycles. The summed E-state index contributed by atoms with van der Waals surface area (Å²) in [6, 6.07) is 2.29. The minimum atomic E-state index is -0.700. The van der Waals surface area contributed by atoms with Gasteiger partial charge in [-0.05, 0) is 50.0 Å². The van der Waals surface area contributed by atoms with Crippen molar-refractivity contribution in [1.29, 1.82) is 0 Å². The van der Waals surface area contributed by atoms with Crippen molar-refractivity contribution in [1.82, 2.24) is 0 Å². The van der Waals surface area contributed by atoms with Gasteiger partial charge >= 0.3 is 0 Å². The largest absolute Gasteiger partial charge is 0.507 e. The number of carbonyl (C=O) groups is 2. The van der Waals surface area contributed by atoms with Gasteiger partial charge in [0.2, 0.25) is 5.78 Å². The van der Waals surface area contributed by atoms with Crippen molar-refractivity contribution in [2.45, 2.75) is 34.1 Å². The molecule has 0 radical (unpaired) electrons. The first kappa shape index (κ1) is 18.5. The number of aliphatic hydroxyl groups excluding tert-OH is 1. The molecule has 25 heavy (non-hydrogen) atoms. The lowest BCUT2D eigenvalue weighted by Gasteiger charge is -2.17. The van der Waals surface area contributed by atoms with Crippen LogP contribution in [-0.2, 0) is 0 Å². The van der Waals surface area contributed by atoms with Crippen LogP contribution in [0.15, 0.2) is 46.8 Å². The quantitative estimate of drug-likeness (QED) is 0.432. The molecule has 5 heteroatoms. The number of ketones is 2. The van der Waals surface area contributed by atoms with Gasteiger partial charge in [0, 0.05) is 6.08 Å². The average Bonchev–Trinajstić information content (AvgIpc) is 2.51. The maximum absolute atomic E-state index is 12.6. The fourth-order valence-corrected chi connectivity index (χ4v) is 2.74. The van der Waals surface area contributed by atoms with E-state index in [0.29, 0.717) is 12.3 Å². The molecule has 0 saturated heterocycles. The maximum Gasteiger partial charge on any atom is 0.201 e. The summed E-state index contributed by atoms with van der Waals surface area (Å²) in [7, 11) is 0. The van der Waals surface area contributed by atoms with E-state index in [-0.39, 0.29) is 28.2 Å². The number of phenolic OH excluding ortho intramolecular Hbond substituents is 2. The van der Waals surface area contributed by atoms with Gasteiger partial charge in [-0.1, -0.05) is 19.4 Å². The first-order valence-electron chi connectivity index (χ1n) is 8.06. The van der Waals surface area contributed by atoms with E-state index >= 15 is 0 Å². The Balaban J connectivity index is 2.53. The normalized spacial score (nSPS) is 14.4. The molecule has 0 aromatic heterocycles. The number of rotatable bonds is 4. The van der Waals surface area contributed by atoms with E-state index in [1.54, 1.807) is 0 Å². The molecule has 2 rings (SSSR count). The Morgan fingerprint density at radius 1 is 1.08 bits per heavy atom. The van der Waals surface area contributed by atoms with Gasteiger partial charge in [-0.2, -0.15) is 0 Å². The highest BCUT2D eigenvalue weighted by molar-refractivity contribution is 6.27. The van der Waals surface area contributed by atoms with Crippen LogP contribution in [0.2, 0.25) is 0 Å². The van der Waals surface area contributed by atoms with Crippen molar-refractivity contribution in [3.8, 4) is 11.5 Å². The molecule has 0 heterocycles. The Morgan fingerprint density at radius 3 is 2.16 bits per heavy atom. The van der Waals surface area contributed by atoms with E-state index in [1.807, 2.05) is 27.7 Å². The summed E-state index contributed by atoms with van der Waals surface area (Å²) in [5.74, 6) is -2.10. The van der Waals surface area contributed by atoms with Crippen LogP contribution in [0, 0.1) is 5.92 Å². The van der Waals surface area contributed by atoms with Crippen LogP contribution in [0.25, 0.3) is 0 Å². The van der Waals surface area contributed by atoms with Crippen molar-refractivity contribution in [2.24, 2.45) is 5.92 Å². The van der Waals surface area contributed by atoms with Crippen LogP contribution in [0.1, 0.15) is 54.8 Å². The second-order valence-electron chi connectivity index (χ2n) is 6.76. The van der Waals surface area contributed by atoms with E-state index in [1.165, 1.54) is 6.08 Å². The molecule has 0 amide bonds. The van der Waals surface area contributed by atoms with Gasteiger partial charge < -0.3 is 15.3 Å². The molecule has 1 aliphatic carbocycles. The van der Waals surface area contributed by atoms with Gasteiger partial charge in [-0.3, -0.25) is 9.59 Å². The lowest BCUT2D eigenvalue weighted by Crippen LogP contribution is -2.18. The number of allylic oxidation sites excluding steroid dienone is 5. The van der Waals surface area contributed by atoms with Gasteiger partial charge in [-0.15, -0.1) is 0 Å². The summed E-state index contributed by atoms with van der Waals surface area (Å²) in [6.45, 7) is 7.89.